The van der Waals surface area contributed by atoms with E-state index in [1.54, 1.807) is 16.6 Å². The number of rotatable bonds is 2. The molecule has 0 aliphatic carbocycles. The van der Waals surface area contributed by atoms with Crippen molar-refractivity contribution < 1.29 is 9.18 Å². The van der Waals surface area contributed by atoms with Gasteiger partial charge in [0.15, 0.2) is 5.65 Å². The van der Waals surface area contributed by atoms with E-state index >= 15 is 0 Å². The molecule has 5 nitrogen and oxygen atoms in total. The van der Waals surface area contributed by atoms with Gasteiger partial charge in [0.2, 0.25) is 0 Å². The zero-order valence-corrected chi connectivity index (χ0v) is 12.6. The van der Waals surface area contributed by atoms with Crippen molar-refractivity contribution in [2.45, 2.75) is 13.8 Å². The zero-order valence-electron chi connectivity index (χ0n) is 11.9. The highest BCUT2D eigenvalue weighted by Gasteiger charge is 2.13. The van der Waals surface area contributed by atoms with Crippen molar-refractivity contribution in [2.75, 3.05) is 5.32 Å². The SMILES string of the molecule is Cc1nc2ccc(C(=O)Nc3ccc(Cl)cc3F)nn2c1C. The molecular formula is C15H12ClFN4O. The van der Waals surface area contributed by atoms with Crippen LogP contribution in [0.25, 0.3) is 5.65 Å². The maximum Gasteiger partial charge on any atom is 0.276 e. The number of benzene rings is 1. The lowest BCUT2D eigenvalue weighted by molar-refractivity contribution is 0.102. The van der Waals surface area contributed by atoms with Gasteiger partial charge in [0.1, 0.15) is 11.5 Å². The number of nitrogens with one attached hydrogen (secondary N) is 1. The zero-order chi connectivity index (χ0) is 15.9. The van der Waals surface area contributed by atoms with Crippen LogP contribution in [-0.4, -0.2) is 20.5 Å². The van der Waals surface area contributed by atoms with Gasteiger partial charge < -0.3 is 5.32 Å². The van der Waals surface area contributed by atoms with Crippen LogP contribution in [0, 0.1) is 19.7 Å². The van der Waals surface area contributed by atoms with Crippen molar-refractivity contribution in [3.05, 3.63) is 58.3 Å². The largest absolute Gasteiger partial charge is 0.318 e. The van der Waals surface area contributed by atoms with Crippen molar-refractivity contribution in [1.29, 1.82) is 0 Å². The first-order valence-corrected chi connectivity index (χ1v) is 6.93. The Morgan fingerprint density at radius 2 is 2.05 bits per heavy atom. The smallest absolute Gasteiger partial charge is 0.276 e. The van der Waals surface area contributed by atoms with E-state index in [2.05, 4.69) is 15.4 Å². The first-order chi connectivity index (χ1) is 10.5. The predicted octanol–water partition coefficient (Wildman–Crippen LogP) is 3.39. The van der Waals surface area contributed by atoms with Crippen LogP contribution < -0.4 is 5.32 Å². The monoisotopic (exact) mass is 318 g/mol. The number of carbonyl (C=O) groups excluding carboxylic acids is 1. The minimum Gasteiger partial charge on any atom is -0.318 e. The van der Waals surface area contributed by atoms with Gasteiger partial charge in [0.05, 0.1) is 17.1 Å². The lowest BCUT2D eigenvalue weighted by Gasteiger charge is -2.06. The van der Waals surface area contributed by atoms with E-state index in [1.165, 1.54) is 12.1 Å². The summed E-state index contributed by atoms with van der Waals surface area (Å²) < 4.78 is 15.3. The predicted molar refractivity (Wildman–Crippen MR) is 81.8 cm³/mol. The van der Waals surface area contributed by atoms with Gasteiger partial charge in [-0.25, -0.2) is 13.9 Å². The van der Waals surface area contributed by atoms with Gasteiger partial charge in [-0.1, -0.05) is 11.6 Å². The molecule has 0 saturated carbocycles. The molecule has 0 unspecified atom stereocenters. The third-order valence-electron chi connectivity index (χ3n) is 3.35. The molecule has 3 rings (SSSR count). The standard InChI is InChI=1S/C15H12ClFN4O/c1-8-9(2)21-14(18-8)6-5-13(20-21)15(22)19-12-4-3-10(16)7-11(12)17/h3-7H,1-2H3,(H,19,22). The van der Waals surface area contributed by atoms with E-state index in [1.807, 2.05) is 13.8 Å². The maximum absolute atomic E-state index is 13.7. The van der Waals surface area contributed by atoms with Crippen molar-refractivity contribution >= 4 is 28.8 Å². The molecule has 0 atom stereocenters. The third-order valence-corrected chi connectivity index (χ3v) is 3.59. The number of hydrogen-bond donors (Lipinski definition) is 1. The van der Waals surface area contributed by atoms with E-state index < -0.39 is 11.7 Å². The number of anilines is 1. The number of amides is 1. The molecule has 22 heavy (non-hydrogen) atoms. The Balaban J connectivity index is 1.93. The molecule has 0 saturated heterocycles. The molecule has 1 amide bonds. The fraction of sp³-hybridized carbons (Fsp3) is 0.133. The number of hydrogen-bond acceptors (Lipinski definition) is 3. The van der Waals surface area contributed by atoms with Crippen LogP contribution in [0.1, 0.15) is 21.9 Å². The second-order valence-corrected chi connectivity index (χ2v) is 5.29. The van der Waals surface area contributed by atoms with E-state index in [0.717, 1.165) is 17.5 Å². The number of nitrogens with zero attached hydrogens (tertiary/aromatic N) is 3. The highest BCUT2D eigenvalue weighted by molar-refractivity contribution is 6.30. The second-order valence-electron chi connectivity index (χ2n) is 4.85. The summed E-state index contributed by atoms with van der Waals surface area (Å²) in [5.74, 6) is -1.11. The number of fused-ring (bicyclic) bond motifs is 1. The van der Waals surface area contributed by atoms with Gasteiger partial charge in [0.25, 0.3) is 5.91 Å². The van der Waals surface area contributed by atoms with Crippen LogP contribution in [0.4, 0.5) is 10.1 Å². The number of halogens is 2. The molecule has 2 heterocycles. The Morgan fingerprint density at radius 3 is 2.77 bits per heavy atom. The molecule has 0 bridgehead atoms. The summed E-state index contributed by atoms with van der Waals surface area (Å²) in [6.07, 6.45) is 0. The van der Waals surface area contributed by atoms with E-state index in [9.17, 15) is 9.18 Å². The second kappa shape index (κ2) is 5.38. The van der Waals surface area contributed by atoms with Crippen molar-refractivity contribution in [2.24, 2.45) is 0 Å². The molecule has 3 aromatic rings. The molecule has 0 aliphatic heterocycles. The average molecular weight is 319 g/mol. The average Bonchev–Trinajstić information content (AvgIpc) is 2.77. The van der Waals surface area contributed by atoms with Crippen LogP contribution in [0.2, 0.25) is 5.02 Å². The number of imidazole rings is 1. The normalized spacial score (nSPS) is 10.9. The number of aryl methyl sites for hydroxylation is 2. The van der Waals surface area contributed by atoms with Crippen LogP contribution in [0.15, 0.2) is 30.3 Å². The topological polar surface area (TPSA) is 59.3 Å². The minimum atomic E-state index is -0.600. The van der Waals surface area contributed by atoms with Crippen LogP contribution in [-0.2, 0) is 0 Å². The Hall–Kier alpha value is -2.47. The highest BCUT2D eigenvalue weighted by atomic mass is 35.5. The van der Waals surface area contributed by atoms with Crippen molar-refractivity contribution in [1.82, 2.24) is 14.6 Å². The molecule has 7 heteroatoms. The van der Waals surface area contributed by atoms with Crippen molar-refractivity contribution in [3.63, 3.8) is 0 Å². The fourth-order valence-electron chi connectivity index (χ4n) is 2.05. The molecule has 1 N–H and O–H groups in total. The van der Waals surface area contributed by atoms with Crippen LogP contribution >= 0.6 is 11.6 Å². The van der Waals surface area contributed by atoms with Crippen molar-refractivity contribution in [3.8, 4) is 0 Å². The molecule has 112 valence electrons. The summed E-state index contributed by atoms with van der Waals surface area (Å²) in [4.78, 5) is 16.5. The molecule has 0 aliphatic rings. The van der Waals surface area contributed by atoms with Gasteiger partial charge in [-0.2, -0.15) is 5.10 Å². The first-order valence-electron chi connectivity index (χ1n) is 6.55. The summed E-state index contributed by atoms with van der Waals surface area (Å²) >= 11 is 5.68. The molecule has 0 fully saturated rings. The molecule has 2 aromatic heterocycles. The van der Waals surface area contributed by atoms with Gasteiger partial charge in [0, 0.05) is 5.02 Å². The first kappa shape index (κ1) is 14.5. The van der Waals surface area contributed by atoms with E-state index in [0.29, 0.717) is 5.65 Å². The minimum absolute atomic E-state index is 0.0508. The molecule has 1 aromatic carbocycles. The Morgan fingerprint density at radius 1 is 1.27 bits per heavy atom. The third kappa shape index (κ3) is 2.53. The molecule has 0 radical (unpaired) electrons. The van der Waals surface area contributed by atoms with E-state index in [4.69, 9.17) is 11.6 Å². The lowest BCUT2D eigenvalue weighted by atomic mass is 10.3. The summed E-state index contributed by atoms with van der Waals surface area (Å²) in [5.41, 5.74) is 2.57. The lowest BCUT2D eigenvalue weighted by Crippen LogP contribution is -2.16. The quantitative estimate of drug-likeness (QED) is 0.788. The van der Waals surface area contributed by atoms with Crippen LogP contribution in [0.3, 0.4) is 0 Å². The number of aromatic nitrogens is 3. The summed E-state index contributed by atoms with van der Waals surface area (Å²) in [6.45, 7) is 3.73. The van der Waals surface area contributed by atoms with Crippen LogP contribution in [0.5, 0.6) is 0 Å². The fourth-order valence-corrected chi connectivity index (χ4v) is 2.21. The molecular weight excluding hydrogens is 307 g/mol. The summed E-state index contributed by atoms with van der Waals surface area (Å²) in [6, 6.07) is 7.28. The Bertz CT molecular complexity index is 891. The Kier molecular flexibility index (Phi) is 3.54. The van der Waals surface area contributed by atoms with Gasteiger partial charge in [-0.05, 0) is 44.2 Å². The van der Waals surface area contributed by atoms with Gasteiger partial charge in [-0.15, -0.1) is 0 Å². The summed E-state index contributed by atoms with van der Waals surface area (Å²) in [5, 5.41) is 6.97. The van der Waals surface area contributed by atoms with E-state index in [-0.39, 0.29) is 16.4 Å². The number of carbonyl (C=O) groups is 1. The maximum atomic E-state index is 13.7. The summed E-state index contributed by atoms with van der Waals surface area (Å²) in [7, 11) is 0. The van der Waals surface area contributed by atoms with Gasteiger partial charge in [-0.3, -0.25) is 4.79 Å². The van der Waals surface area contributed by atoms with Gasteiger partial charge >= 0.3 is 0 Å². The molecule has 0 spiro atoms. The highest BCUT2D eigenvalue weighted by Crippen LogP contribution is 2.19. The Labute approximate surface area is 130 Å².